The predicted octanol–water partition coefficient (Wildman–Crippen LogP) is 2.82. The molecule has 0 atom stereocenters. The van der Waals surface area contributed by atoms with Crippen molar-refractivity contribution in [2.75, 3.05) is 33.4 Å². The number of rotatable bonds is 5. The van der Waals surface area contributed by atoms with Gasteiger partial charge >= 0.3 is 0 Å². The Morgan fingerprint density at radius 2 is 1.92 bits per heavy atom. The van der Waals surface area contributed by atoms with Gasteiger partial charge in [-0.3, -0.25) is 4.79 Å². The molecule has 0 unspecified atom stereocenters. The summed E-state index contributed by atoms with van der Waals surface area (Å²) in [6.07, 6.45) is 1.85. The van der Waals surface area contributed by atoms with Gasteiger partial charge in [0, 0.05) is 43.7 Å². The fourth-order valence-electron chi connectivity index (χ4n) is 3.24. The van der Waals surface area contributed by atoms with Crippen LogP contribution in [0.1, 0.15) is 23.2 Å². The van der Waals surface area contributed by atoms with Crippen LogP contribution in [0.25, 0.3) is 10.8 Å². The highest BCUT2D eigenvalue weighted by molar-refractivity contribution is 6.07. The van der Waals surface area contributed by atoms with Crippen molar-refractivity contribution in [2.45, 2.75) is 18.9 Å². The first-order valence-corrected chi connectivity index (χ1v) is 8.38. The van der Waals surface area contributed by atoms with Gasteiger partial charge in [-0.25, -0.2) is 4.39 Å². The Kier molecular flexibility index (Phi) is 5.43. The van der Waals surface area contributed by atoms with Crippen LogP contribution in [-0.2, 0) is 4.74 Å². The molecule has 5 heteroatoms. The van der Waals surface area contributed by atoms with Gasteiger partial charge in [-0.2, -0.15) is 0 Å². The number of fused-ring (bicyclic) bond motifs is 1. The summed E-state index contributed by atoms with van der Waals surface area (Å²) in [5, 5.41) is 4.25. The lowest BCUT2D eigenvalue weighted by atomic mass is 10.0. The first-order chi connectivity index (χ1) is 11.7. The molecular weight excluding hydrogens is 307 g/mol. The van der Waals surface area contributed by atoms with Gasteiger partial charge < -0.3 is 15.0 Å². The number of nitrogens with zero attached hydrogens (tertiary/aromatic N) is 1. The molecule has 0 bridgehead atoms. The smallest absolute Gasteiger partial charge is 0.252 e. The number of amides is 1. The number of methoxy groups -OCH3 is 1. The van der Waals surface area contributed by atoms with Crippen LogP contribution in [0.3, 0.4) is 0 Å². The fourth-order valence-corrected chi connectivity index (χ4v) is 3.24. The first kappa shape index (κ1) is 16.9. The highest BCUT2D eigenvalue weighted by Gasteiger charge is 2.21. The summed E-state index contributed by atoms with van der Waals surface area (Å²) in [4.78, 5) is 15.0. The van der Waals surface area contributed by atoms with Crippen LogP contribution in [0.4, 0.5) is 4.39 Å². The molecule has 0 spiro atoms. The van der Waals surface area contributed by atoms with E-state index in [0.717, 1.165) is 39.1 Å². The van der Waals surface area contributed by atoms with Gasteiger partial charge in [0.1, 0.15) is 5.82 Å². The van der Waals surface area contributed by atoms with E-state index < -0.39 is 0 Å². The van der Waals surface area contributed by atoms with Crippen LogP contribution in [0.15, 0.2) is 36.4 Å². The largest absolute Gasteiger partial charge is 0.383 e. The molecule has 1 N–H and O–H groups in total. The Labute approximate surface area is 141 Å². The highest BCUT2D eigenvalue weighted by atomic mass is 19.1. The summed E-state index contributed by atoms with van der Waals surface area (Å²) in [6, 6.07) is 10.2. The van der Waals surface area contributed by atoms with E-state index in [0.29, 0.717) is 16.3 Å². The van der Waals surface area contributed by atoms with Crippen LogP contribution < -0.4 is 5.32 Å². The zero-order valence-electron chi connectivity index (χ0n) is 13.9. The van der Waals surface area contributed by atoms with E-state index in [1.165, 1.54) is 6.07 Å². The Bertz CT molecular complexity index is 712. The Morgan fingerprint density at radius 1 is 1.21 bits per heavy atom. The van der Waals surface area contributed by atoms with Crippen molar-refractivity contribution >= 4 is 16.7 Å². The van der Waals surface area contributed by atoms with Crippen LogP contribution in [0, 0.1) is 5.82 Å². The van der Waals surface area contributed by atoms with Crippen molar-refractivity contribution in [2.24, 2.45) is 0 Å². The molecule has 1 fully saturated rings. The van der Waals surface area contributed by atoms with Gasteiger partial charge in [0.05, 0.1) is 6.61 Å². The predicted molar refractivity (Wildman–Crippen MR) is 92.7 cm³/mol. The van der Waals surface area contributed by atoms with E-state index >= 15 is 0 Å². The minimum absolute atomic E-state index is 0.124. The molecule has 1 aliphatic rings. The summed E-state index contributed by atoms with van der Waals surface area (Å²) < 4.78 is 19.0. The number of ether oxygens (including phenoxy) is 1. The van der Waals surface area contributed by atoms with Crippen LogP contribution in [0.2, 0.25) is 0 Å². The van der Waals surface area contributed by atoms with E-state index in [-0.39, 0.29) is 17.8 Å². The van der Waals surface area contributed by atoms with E-state index in [1.54, 1.807) is 31.4 Å². The molecule has 1 saturated heterocycles. The second-order valence-corrected chi connectivity index (χ2v) is 6.22. The summed E-state index contributed by atoms with van der Waals surface area (Å²) in [7, 11) is 1.71. The van der Waals surface area contributed by atoms with Crippen LogP contribution in [0.5, 0.6) is 0 Å². The molecule has 0 radical (unpaired) electrons. The summed E-state index contributed by atoms with van der Waals surface area (Å²) in [5.74, 6) is -0.421. The molecule has 4 nitrogen and oxygen atoms in total. The number of halogens is 1. The number of nitrogens with one attached hydrogen (secondary N) is 1. The number of benzene rings is 2. The monoisotopic (exact) mass is 330 g/mol. The van der Waals surface area contributed by atoms with E-state index in [2.05, 4.69) is 10.2 Å². The fraction of sp³-hybridized carbons (Fsp3) is 0.421. The maximum atomic E-state index is 13.9. The standard InChI is InChI=1S/C19H23FN2O2/c1-24-13-12-22-10-8-14(9-11-22)21-19(23)17-6-7-18(20)16-5-3-2-4-15(16)17/h2-7,14H,8-13H2,1H3,(H,21,23). The molecule has 3 rings (SSSR count). The third-order valence-corrected chi connectivity index (χ3v) is 4.65. The molecule has 0 aliphatic carbocycles. The lowest BCUT2D eigenvalue weighted by Crippen LogP contribution is -2.45. The number of hydrogen-bond donors (Lipinski definition) is 1. The second kappa shape index (κ2) is 7.73. The molecule has 1 aliphatic heterocycles. The topological polar surface area (TPSA) is 41.6 Å². The average molecular weight is 330 g/mol. The molecule has 128 valence electrons. The van der Waals surface area contributed by atoms with Gasteiger partial charge in [-0.1, -0.05) is 24.3 Å². The minimum Gasteiger partial charge on any atom is -0.383 e. The summed E-state index contributed by atoms with van der Waals surface area (Å²) >= 11 is 0. The number of hydrogen-bond acceptors (Lipinski definition) is 3. The van der Waals surface area contributed by atoms with Crippen molar-refractivity contribution < 1.29 is 13.9 Å². The number of carbonyl (C=O) groups is 1. The van der Waals surface area contributed by atoms with E-state index in [9.17, 15) is 9.18 Å². The zero-order valence-corrected chi connectivity index (χ0v) is 13.9. The summed E-state index contributed by atoms with van der Waals surface area (Å²) in [5.41, 5.74) is 0.536. The first-order valence-electron chi connectivity index (χ1n) is 8.38. The van der Waals surface area contributed by atoms with Gasteiger partial charge in [-0.05, 0) is 30.4 Å². The normalized spacial score (nSPS) is 16.4. The second-order valence-electron chi connectivity index (χ2n) is 6.22. The van der Waals surface area contributed by atoms with Crippen molar-refractivity contribution in [3.05, 3.63) is 47.8 Å². The zero-order chi connectivity index (χ0) is 16.9. The maximum absolute atomic E-state index is 13.9. The molecule has 0 aromatic heterocycles. The Morgan fingerprint density at radius 3 is 2.62 bits per heavy atom. The lowest BCUT2D eigenvalue weighted by molar-refractivity contribution is 0.0894. The van der Waals surface area contributed by atoms with Crippen molar-refractivity contribution in [3.8, 4) is 0 Å². The van der Waals surface area contributed by atoms with Gasteiger partial charge in [0.15, 0.2) is 0 Å². The quantitative estimate of drug-likeness (QED) is 0.917. The highest BCUT2D eigenvalue weighted by Crippen LogP contribution is 2.22. The lowest BCUT2D eigenvalue weighted by Gasteiger charge is -2.32. The van der Waals surface area contributed by atoms with Crippen molar-refractivity contribution in [1.82, 2.24) is 10.2 Å². The molecule has 1 heterocycles. The molecule has 0 saturated carbocycles. The molecule has 2 aromatic carbocycles. The van der Waals surface area contributed by atoms with Gasteiger partial charge in [0.2, 0.25) is 0 Å². The van der Waals surface area contributed by atoms with E-state index in [1.807, 2.05) is 6.07 Å². The van der Waals surface area contributed by atoms with Crippen LogP contribution >= 0.6 is 0 Å². The molecule has 24 heavy (non-hydrogen) atoms. The van der Waals surface area contributed by atoms with Gasteiger partial charge in [0.25, 0.3) is 5.91 Å². The van der Waals surface area contributed by atoms with Crippen molar-refractivity contribution in [3.63, 3.8) is 0 Å². The summed E-state index contributed by atoms with van der Waals surface area (Å²) in [6.45, 7) is 3.58. The van der Waals surface area contributed by atoms with Crippen LogP contribution in [-0.4, -0.2) is 50.2 Å². The Hall–Kier alpha value is -1.98. The molecular formula is C19H23FN2O2. The maximum Gasteiger partial charge on any atom is 0.252 e. The SMILES string of the molecule is COCCN1CCC(NC(=O)c2ccc(F)c3ccccc23)CC1. The number of carbonyl (C=O) groups excluding carboxylic acids is 1. The minimum atomic E-state index is -0.298. The average Bonchev–Trinajstić information content (AvgIpc) is 2.61. The third kappa shape index (κ3) is 3.74. The number of piperidine rings is 1. The number of likely N-dealkylation sites (tertiary alicyclic amines) is 1. The molecule has 2 aromatic rings. The molecule has 1 amide bonds. The van der Waals surface area contributed by atoms with Gasteiger partial charge in [-0.15, -0.1) is 0 Å². The van der Waals surface area contributed by atoms with E-state index in [4.69, 9.17) is 4.74 Å². The third-order valence-electron chi connectivity index (χ3n) is 4.65. The van der Waals surface area contributed by atoms with Crippen molar-refractivity contribution in [1.29, 1.82) is 0 Å². The Balaban J connectivity index is 1.65.